The highest BCUT2D eigenvalue weighted by Crippen LogP contribution is 2.28. The molecule has 0 aliphatic carbocycles. The fourth-order valence-corrected chi connectivity index (χ4v) is 3.08. The maximum Gasteiger partial charge on any atom is 0.336 e. The van der Waals surface area contributed by atoms with E-state index in [1.54, 1.807) is 25.1 Å². The summed E-state index contributed by atoms with van der Waals surface area (Å²) in [6.07, 6.45) is 0. The average Bonchev–Trinajstić information content (AvgIpc) is 2.68. The van der Waals surface area contributed by atoms with Gasteiger partial charge in [-0.1, -0.05) is 18.2 Å². The Hall–Kier alpha value is -3.28. The number of hydrogen-bond acceptors (Lipinski definition) is 5. The maximum absolute atomic E-state index is 12.5. The Balaban J connectivity index is 1.72. The lowest BCUT2D eigenvalue weighted by Gasteiger charge is -2.19. The minimum atomic E-state index is -0.405. The van der Waals surface area contributed by atoms with Crippen molar-refractivity contribution in [1.82, 2.24) is 4.90 Å². The molecule has 6 heteroatoms. The summed E-state index contributed by atoms with van der Waals surface area (Å²) < 4.78 is 16.4. The number of aryl methyl sites for hydroxylation is 2. The Morgan fingerprint density at radius 3 is 2.61 bits per heavy atom. The molecule has 0 spiro atoms. The van der Waals surface area contributed by atoms with Crippen molar-refractivity contribution in [2.45, 2.75) is 20.4 Å². The van der Waals surface area contributed by atoms with Gasteiger partial charge in [-0.25, -0.2) is 4.79 Å². The third kappa shape index (κ3) is 4.01. The normalized spacial score (nSPS) is 10.7. The molecule has 2 aromatic carbocycles. The molecule has 0 saturated carbocycles. The predicted molar refractivity (Wildman–Crippen MR) is 107 cm³/mol. The van der Waals surface area contributed by atoms with Crippen LogP contribution in [0.3, 0.4) is 0 Å². The summed E-state index contributed by atoms with van der Waals surface area (Å²) in [6.45, 7) is 3.96. The van der Waals surface area contributed by atoms with Gasteiger partial charge in [-0.3, -0.25) is 4.79 Å². The van der Waals surface area contributed by atoms with Gasteiger partial charge in [-0.2, -0.15) is 0 Å². The van der Waals surface area contributed by atoms with Gasteiger partial charge in [0.15, 0.2) is 6.61 Å². The molecule has 0 radical (unpaired) electrons. The molecule has 0 saturated heterocycles. The molecular formula is C22H23NO5. The molecule has 3 rings (SSSR count). The summed E-state index contributed by atoms with van der Waals surface area (Å²) in [5.41, 5.74) is 2.53. The molecule has 28 heavy (non-hydrogen) atoms. The van der Waals surface area contributed by atoms with Crippen molar-refractivity contribution < 1.29 is 18.7 Å². The van der Waals surface area contributed by atoms with E-state index in [1.165, 1.54) is 6.07 Å². The standard InChI is InChI=1S/C22H23NO5/c1-14-11-21(25)28-22-15(2)18(10-9-17(14)22)27-13-20(24)23(3)12-16-7-5-6-8-19(16)26-4/h5-11H,12-13H2,1-4H3. The highest BCUT2D eigenvalue weighted by molar-refractivity contribution is 5.85. The van der Waals surface area contributed by atoms with Gasteiger partial charge in [-0.15, -0.1) is 0 Å². The number of nitrogens with zero attached hydrogens (tertiary/aromatic N) is 1. The van der Waals surface area contributed by atoms with Crippen LogP contribution in [-0.2, 0) is 11.3 Å². The van der Waals surface area contributed by atoms with E-state index < -0.39 is 5.63 Å². The van der Waals surface area contributed by atoms with E-state index in [2.05, 4.69) is 0 Å². The second-order valence-corrected chi connectivity index (χ2v) is 6.66. The number of carbonyl (C=O) groups excluding carboxylic acids is 1. The van der Waals surface area contributed by atoms with E-state index in [4.69, 9.17) is 13.9 Å². The highest BCUT2D eigenvalue weighted by Gasteiger charge is 2.15. The van der Waals surface area contributed by atoms with Crippen LogP contribution < -0.4 is 15.1 Å². The predicted octanol–water partition coefficient (Wildman–Crippen LogP) is 3.46. The molecular weight excluding hydrogens is 358 g/mol. The zero-order valence-corrected chi connectivity index (χ0v) is 16.4. The molecule has 0 fully saturated rings. The summed E-state index contributed by atoms with van der Waals surface area (Å²) in [5.74, 6) is 1.08. The lowest BCUT2D eigenvalue weighted by molar-refractivity contribution is -0.132. The van der Waals surface area contributed by atoms with E-state index in [9.17, 15) is 9.59 Å². The summed E-state index contributed by atoms with van der Waals surface area (Å²) in [7, 11) is 3.32. The van der Waals surface area contributed by atoms with Crippen LogP contribution in [0, 0.1) is 13.8 Å². The number of methoxy groups -OCH3 is 1. The number of hydrogen-bond donors (Lipinski definition) is 0. The van der Waals surface area contributed by atoms with Crippen LogP contribution in [0.4, 0.5) is 0 Å². The van der Waals surface area contributed by atoms with E-state index in [-0.39, 0.29) is 12.5 Å². The van der Waals surface area contributed by atoms with Gasteiger partial charge < -0.3 is 18.8 Å². The molecule has 1 heterocycles. The van der Waals surface area contributed by atoms with Crippen molar-refractivity contribution in [2.24, 2.45) is 0 Å². The number of ether oxygens (including phenoxy) is 2. The average molecular weight is 381 g/mol. The van der Waals surface area contributed by atoms with Crippen molar-refractivity contribution >= 4 is 16.9 Å². The molecule has 146 valence electrons. The SMILES string of the molecule is COc1ccccc1CN(C)C(=O)COc1ccc2c(C)cc(=O)oc2c1C. The largest absolute Gasteiger partial charge is 0.496 e. The van der Waals surface area contributed by atoms with Crippen LogP contribution in [0.1, 0.15) is 16.7 Å². The summed E-state index contributed by atoms with van der Waals surface area (Å²) in [5, 5.41) is 0.851. The molecule has 0 unspecified atom stereocenters. The Kier molecular flexibility index (Phi) is 5.68. The number of benzene rings is 2. The lowest BCUT2D eigenvalue weighted by atomic mass is 10.1. The van der Waals surface area contributed by atoms with Gasteiger partial charge in [0.25, 0.3) is 5.91 Å². The Morgan fingerprint density at radius 2 is 1.86 bits per heavy atom. The monoisotopic (exact) mass is 381 g/mol. The molecule has 3 aromatic rings. The van der Waals surface area contributed by atoms with Crippen LogP contribution in [0.2, 0.25) is 0 Å². The van der Waals surface area contributed by atoms with Gasteiger partial charge in [0.05, 0.1) is 7.11 Å². The summed E-state index contributed by atoms with van der Waals surface area (Å²) >= 11 is 0. The first kappa shape index (κ1) is 19.5. The number of fused-ring (bicyclic) bond motifs is 1. The maximum atomic E-state index is 12.5. The Labute approximate surface area is 163 Å². The third-order valence-electron chi connectivity index (χ3n) is 4.69. The van der Waals surface area contributed by atoms with Crippen LogP contribution in [-0.4, -0.2) is 31.6 Å². The quantitative estimate of drug-likeness (QED) is 0.612. The first-order valence-corrected chi connectivity index (χ1v) is 8.93. The fourth-order valence-electron chi connectivity index (χ4n) is 3.08. The zero-order chi connectivity index (χ0) is 20.3. The number of likely N-dealkylation sites (N-methyl/N-ethyl adjacent to an activating group) is 1. The second kappa shape index (κ2) is 8.17. The number of rotatable bonds is 6. The van der Waals surface area contributed by atoms with Crippen molar-refractivity contribution in [3.05, 3.63) is 69.6 Å². The van der Waals surface area contributed by atoms with E-state index in [1.807, 2.05) is 44.2 Å². The minimum absolute atomic E-state index is 0.117. The van der Waals surface area contributed by atoms with Crippen LogP contribution in [0.5, 0.6) is 11.5 Å². The molecule has 0 aliphatic heterocycles. The van der Waals surface area contributed by atoms with Crippen molar-refractivity contribution in [2.75, 3.05) is 20.8 Å². The van der Waals surface area contributed by atoms with Crippen molar-refractivity contribution in [3.63, 3.8) is 0 Å². The Morgan fingerprint density at radius 1 is 1.11 bits per heavy atom. The number of carbonyl (C=O) groups is 1. The van der Waals surface area contributed by atoms with Gasteiger partial charge in [0.1, 0.15) is 17.1 Å². The van der Waals surface area contributed by atoms with Crippen LogP contribution >= 0.6 is 0 Å². The van der Waals surface area contributed by atoms with Gasteiger partial charge >= 0.3 is 5.63 Å². The van der Waals surface area contributed by atoms with E-state index >= 15 is 0 Å². The van der Waals surface area contributed by atoms with Crippen molar-refractivity contribution in [3.8, 4) is 11.5 Å². The van der Waals surface area contributed by atoms with E-state index in [0.717, 1.165) is 22.3 Å². The molecule has 1 amide bonds. The molecule has 0 atom stereocenters. The molecule has 1 aromatic heterocycles. The summed E-state index contributed by atoms with van der Waals surface area (Å²) in [4.78, 5) is 25.7. The highest BCUT2D eigenvalue weighted by atomic mass is 16.5. The zero-order valence-electron chi connectivity index (χ0n) is 16.4. The van der Waals surface area contributed by atoms with Crippen LogP contribution in [0.25, 0.3) is 11.0 Å². The van der Waals surface area contributed by atoms with Crippen molar-refractivity contribution in [1.29, 1.82) is 0 Å². The smallest absolute Gasteiger partial charge is 0.336 e. The first-order valence-electron chi connectivity index (χ1n) is 8.93. The lowest BCUT2D eigenvalue weighted by Crippen LogP contribution is -2.31. The Bertz CT molecular complexity index is 1070. The third-order valence-corrected chi connectivity index (χ3v) is 4.69. The minimum Gasteiger partial charge on any atom is -0.496 e. The molecule has 0 N–H and O–H groups in total. The van der Waals surface area contributed by atoms with Gasteiger partial charge in [0.2, 0.25) is 0 Å². The first-order chi connectivity index (χ1) is 13.4. The molecule has 0 aliphatic rings. The summed E-state index contributed by atoms with van der Waals surface area (Å²) in [6, 6.07) is 12.6. The van der Waals surface area contributed by atoms with E-state index in [0.29, 0.717) is 23.4 Å². The number of para-hydroxylation sites is 1. The molecule has 0 bridgehead atoms. The van der Waals surface area contributed by atoms with Crippen LogP contribution in [0.15, 0.2) is 51.7 Å². The second-order valence-electron chi connectivity index (χ2n) is 6.66. The van der Waals surface area contributed by atoms with Gasteiger partial charge in [0, 0.05) is 36.2 Å². The molecule has 6 nitrogen and oxygen atoms in total. The topological polar surface area (TPSA) is 69.0 Å². The van der Waals surface area contributed by atoms with Gasteiger partial charge in [-0.05, 0) is 37.6 Å². The number of amides is 1. The fraction of sp³-hybridized carbons (Fsp3) is 0.273.